The first-order valence-corrected chi connectivity index (χ1v) is 10.0. The molecule has 30 heavy (non-hydrogen) atoms. The van der Waals surface area contributed by atoms with Crippen LogP contribution in [0, 0.1) is 0 Å². The van der Waals surface area contributed by atoms with Gasteiger partial charge in [-0.2, -0.15) is 0 Å². The second-order valence-corrected chi connectivity index (χ2v) is 8.45. The first kappa shape index (κ1) is 21.8. The molecule has 0 saturated carbocycles. The highest BCUT2D eigenvalue weighted by Crippen LogP contribution is 2.38. The number of pyridine rings is 1. The number of amides is 1. The van der Waals surface area contributed by atoms with E-state index in [2.05, 4.69) is 4.98 Å². The highest BCUT2D eigenvalue weighted by Gasteiger charge is 2.53. The van der Waals surface area contributed by atoms with Crippen LogP contribution in [0.5, 0.6) is 0 Å². The SMILES string of the molecule is CC(C)(C)OC(=O)N1CC[C@@](C(=O)O)(c2ccccn2)[C@H](OCc2ccccc2)C1. The van der Waals surface area contributed by atoms with Gasteiger partial charge in [0.15, 0.2) is 0 Å². The summed E-state index contributed by atoms with van der Waals surface area (Å²) in [6, 6.07) is 14.7. The second kappa shape index (κ2) is 8.83. The van der Waals surface area contributed by atoms with Crippen molar-refractivity contribution in [1.29, 1.82) is 0 Å². The molecule has 1 aromatic carbocycles. The maximum Gasteiger partial charge on any atom is 0.410 e. The summed E-state index contributed by atoms with van der Waals surface area (Å²) in [5.41, 5.74) is -0.638. The van der Waals surface area contributed by atoms with E-state index in [-0.39, 0.29) is 26.1 Å². The van der Waals surface area contributed by atoms with Crippen LogP contribution in [0.2, 0.25) is 0 Å². The molecule has 1 aliphatic heterocycles. The summed E-state index contributed by atoms with van der Waals surface area (Å²) in [6.45, 7) is 5.97. The molecule has 1 N–H and O–H groups in total. The van der Waals surface area contributed by atoms with Crippen LogP contribution < -0.4 is 0 Å². The number of carboxylic acid groups (broad SMARTS) is 1. The van der Waals surface area contributed by atoms with Crippen molar-refractivity contribution in [2.75, 3.05) is 13.1 Å². The Morgan fingerprint density at radius 2 is 1.87 bits per heavy atom. The van der Waals surface area contributed by atoms with Crippen molar-refractivity contribution in [3.05, 3.63) is 66.0 Å². The maximum atomic E-state index is 12.6. The number of likely N-dealkylation sites (tertiary alicyclic amines) is 1. The summed E-state index contributed by atoms with van der Waals surface area (Å²) in [5, 5.41) is 10.3. The first-order valence-electron chi connectivity index (χ1n) is 10.0. The van der Waals surface area contributed by atoms with E-state index < -0.39 is 29.2 Å². The topological polar surface area (TPSA) is 89.0 Å². The number of hydrogen-bond donors (Lipinski definition) is 1. The molecule has 1 aliphatic rings. The van der Waals surface area contributed by atoms with E-state index in [1.165, 1.54) is 4.90 Å². The van der Waals surface area contributed by atoms with Crippen LogP contribution in [-0.4, -0.2) is 51.8 Å². The third-order valence-corrected chi connectivity index (χ3v) is 5.16. The fourth-order valence-electron chi connectivity index (χ4n) is 3.65. The van der Waals surface area contributed by atoms with E-state index in [1.54, 1.807) is 45.2 Å². The molecule has 1 aromatic heterocycles. The van der Waals surface area contributed by atoms with Crippen LogP contribution in [0.15, 0.2) is 54.7 Å². The number of benzene rings is 1. The number of hydrogen-bond acceptors (Lipinski definition) is 5. The fourth-order valence-corrected chi connectivity index (χ4v) is 3.65. The Morgan fingerprint density at radius 3 is 2.47 bits per heavy atom. The highest BCUT2D eigenvalue weighted by atomic mass is 16.6. The lowest BCUT2D eigenvalue weighted by molar-refractivity contribution is -0.157. The van der Waals surface area contributed by atoms with Crippen molar-refractivity contribution >= 4 is 12.1 Å². The van der Waals surface area contributed by atoms with Crippen molar-refractivity contribution in [1.82, 2.24) is 9.88 Å². The van der Waals surface area contributed by atoms with Gasteiger partial charge in [0.05, 0.1) is 24.9 Å². The van der Waals surface area contributed by atoms with Crippen LogP contribution in [0.1, 0.15) is 38.4 Å². The first-order chi connectivity index (χ1) is 14.2. The van der Waals surface area contributed by atoms with Gasteiger partial charge in [0.25, 0.3) is 0 Å². The molecule has 3 rings (SSSR count). The molecule has 0 radical (unpaired) electrons. The summed E-state index contributed by atoms with van der Waals surface area (Å²) < 4.78 is 11.6. The molecule has 0 spiro atoms. The summed E-state index contributed by atoms with van der Waals surface area (Å²) >= 11 is 0. The summed E-state index contributed by atoms with van der Waals surface area (Å²) in [5.74, 6) is -1.01. The Bertz CT molecular complexity index is 866. The number of piperidine rings is 1. The molecule has 2 heterocycles. The standard InChI is InChI=1S/C23H28N2O5/c1-22(2,3)30-21(28)25-14-12-23(20(26)27,18-11-7-8-13-24-18)19(15-25)29-16-17-9-5-4-6-10-17/h4-11,13,19H,12,14-16H2,1-3H3,(H,26,27)/t19-,23-/m1/s1. The summed E-state index contributed by atoms with van der Waals surface area (Å²) in [4.78, 5) is 31.0. The largest absolute Gasteiger partial charge is 0.480 e. The van der Waals surface area contributed by atoms with Gasteiger partial charge in [-0.25, -0.2) is 4.79 Å². The van der Waals surface area contributed by atoms with Crippen LogP contribution in [0.3, 0.4) is 0 Å². The van der Waals surface area contributed by atoms with Gasteiger partial charge in [-0.15, -0.1) is 0 Å². The van der Waals surface area contributed by atoms with E-state index in [4.69, 9.17) is 9.47 Å². The van der Waals surface area contributed by atoms with E-state index >= 15 is 0 Å². The Hall–Kier alpha value is -2.93. The Morgan fingerprint density at radius 1 is 1.17 bits per heavy atom. The number of carbonyl (C=O) groups is 2. The van der Waals surface area contributed by atoms with Gasteiger partial charge in [0, 0.05) is 12.7 Å². The quantitative estimate of drug-likeness (QED) is 0.807. The number of nitrogens with zero attached hydrogens (tertiary/aromatic N) is 2. The Balaban J connectivity index is 1.90. The maximum absolute atomic E-state index is 12.6. The molecule has 160 valence electrons. The third-order valence-electron chi connectivity index (χ3n) is 5.16. The Kier molecular flexibility index (Phi) is 6.41. The summed E-state index contributed by atoms with van der Waals surface area (Å²) in [7, 11) is 0. The molecule has 1 fully saturated rings. The van der Waals surface area contributed by atoms with Gasteiger partial charge in [-0.05, 0) is 44.9 Å². The fraction of sp³-hybridized carbons (Fsp3) is 0.435. The number of aliphatic carboxylic acids is 1. The molecule has 7 nitrogen and oxygen atoms in total. The van der Waals surface area contributed by atoms with Crippen molar-refractivity contribution in [3.63, 3.8) is 0 Å². The zero-order valence-corrected chi connectivity index (χ0v) is 17.6. The molecule has 1 saturated heterocycles. The van der Waals surface area contributed by atoms with E-state index in [0.29, 0.717) is 5.69 Å². The number of ether oxygens (including phenoxy) is 2. The highest BCUT2D eigenvalue weighted by molar-refractivity contribution is 5.82. The predicted octanol–water partition coefficient (Wildman–Crippen LogP) is 3.63. The lowest BCUT2D eigenvalue weighted by Crippen LogP contribution is -2.60. The monoisotopic (exact) mass is 412 g/mol. The average molecular weight is 412 g/mol. The molecule has 2 atom stereocenters. The van der Waals surface area contributed by atoms with Crippen LogP contribution in [0.25, 0.3) is 0 Å². The zero-order chi connectivity index (χ0) is 21.8. The molecule has 7 heteroatoms. The van der Waals surface area contributed by atoms with Crippen molar-refractivity contribution < 1.29 is 24.2 Å². The molecule has 1 amide bonds. The van der Waals surface area contributed by atoms with E-state index in [0.717, 1.165) is 5.56 Å². The average Bonchev–Trinajstić information content (AvgIpc) is 2.72. The lowest BCUT2D eigenvalue weighted by Gasteiger charge is -2.44. The minimum atomic E-state index is -1.35. The van der Waals surface area contributed by atoms with E-state index in [1.807, 2.05) is 30.3 Å². The number of aromatic nitrogens is 1. The normalized spacial score (nSPS) is 21.8. The van der Waals surface area contributed by atoms with E-state index in [9.17, 15) is 14.7 Å². The minimum Gasteiger partial charge on any atom is -0.480 e. The predicted molar refractivity (Wildman–Crippen MR) is 111 cm³/mol. The van der Waals surface area contributed by atoms with Crippen LogP contribution in [0.4, 0.5) is 4.79 Å². The third kappa shape index (κ3) is 4.79. The molecule has 0 aliphatic carbocycles. The zero-order valence-electron chi connectivity index (χ0n) is 17.6. The molecular weight excluding hydrogens is 384 g/mol. The minimum absolute atomic E-state index is 0.102. The van der Waals surface area contributed by atoms with Gasteiger partial charge >= 0.3 is 12.1 Å². The van der Waals surface area contributed by atoms with Crippen molar-refractivity contribution in [2.24, 2.45) is 0 Å². The van der Waals surface area contributed by atoms with Gasteiger partial charge < -0.3 is 19.5 Å². The van der Waals surface area contributed by atoms with Crippen LogP contribution in [-0.2, 0) is 26.3 Å². The molecule has 2 aromatic rings. The van der Waals surface area contributed by atoms with Gasteiger partial charge in [-0.3, -0.25) is 9.78 Å². The van der Waals surface area contributed by atoms with Gasteiger partial charge in [0.2, 0.25) is 0 Å². The van der Waals surface area contributed by atoms with Crippen molar-refractivity contribution in [2.45, 2.75) is 50.9 Å². The molecule has 0 unspecified atom stereocenters. The number of carboxylic acids is 1. The lowest BCUT2D eigenvalue weighted by atomic mass is 9.73. The molecular formula is C23H28N2O5. The summed E-state index contributed by atoms with van der Waals surface area (Å²) in [6.07, 6.45) is 0.495. The van der Waals surface area contributed by atoms with Gasteiger partial charge in [0.1, 0.15) is 11.0 Å². The Labute approximate surface area is 176 Å². The van der Waals surface area contributed by atoms with Gasteiger partial charge in [-0.1, -0.05) is 36.4 Å². The van der Waals surface area contributed by atoms with Crippen molar-refractivity contribution in [3.8, 4) is 0 Å². The number of rotatable bonds is 5. The smallest absolute Gasteiger partial charge is 0.410 e. The second-order valence-electron chi connectivity index (χ2n) is 8.45. The number of carbonyl (C=O) groups excluding carboxylic acids is 1. The van der Waals surface area contributed by atoms with Crippen LogP contribution >= 0.6 is 0 Å². The molecule has 0 bridgehead atoms.